The number of aromatic nitrogens is 1. The molecule has 2 amide bonds. The van der Waals surface area contributed by atoms with Crippen LogP contribution in [-0.4, -0.2) is 34.2 Å². The molecule has 1 atom stereocenters. The molecule has 2 aliphatic rings. The van der Waals surface area contributed by atoms with Crippen LogP contribution in [0.4, 0.5) is 10.1 Å². The van der Waals surface area contributed by atoms with Crippen LogP contribution in [0, 0.1) is 19.7 Å². The van der Waals surface area contributed by atoms with Crippen molar-refractivity contribution in [2.75, 3.05) is 11.5 Å². The van der Waals surface area contributed by atoms with Gasteiger partial charge in [0, 0.05) is 24.5 Å². The molecule has 6 nitrogen and oxygen atoms in total. The lowest BCUT2D eigenvalue weighted by atomic mass is 10.1. The summed E-state index contributed by atoms with van der Waals surface area (Å²) in [7, 11) is 0. The highest BCUT2D eigenvalue weighted by Gasteiger charge is 2.34. The van der Waals surface area contributed by atoms with Gasteiger partial charge in [0.25, 0.3) is 11.8 Å². The number of benzene rings is 1. The number of hydrogen-bond donors (Lipinski definition) is 1. The monoisotopic (exact) mass is 427 g/mol. The molecule has 0 unspecified atom stereocenters. The summed E-state index contributed by atoms with van der Waals surface area (Å²) in [6.07, 6.45) is 3.86. The largest absolute Gasteiger partial charge is 0.376 e. The predicted octanol–water partition coefficient (Wildman–Crippen LogP) is 3.25. The van der Waals surface area contributed by atoms with Crippen molar-refractivity contribution in [3.8, 4) is 0 Å². The minimum Gasteiger partial charge on any atom is -0.376 e. The Morgan fingerprint density at radius 3 is 2.67 bits per heavy atom. The van der Waals surface area contributed by atoms with Crippen LogP contribution in [0.25, 0.3) is 6.08 Å². The van der Waals surface area contributed by atoms with E-state index in [-0.39, 0.29) is 16.8 Å². The molecular formula is C22H22FN3O3S. The highest BCUT2D eigenvalue weighted by Crippen LogP contribution is 2.25. The van der Waals surface area contributed by atoms with Gasteiger partial charge in [-0.3, -0.25) is 19.8 Å². The second-order valence-corrected chi connectivity index (χ2v) is 7.89. The number of hydrogen-bond acceptors (Lipinski definition) is 4. The van der Waals surface area contributed by atoms with Crippen molar-refractivity contribution in [3.63, 3.8) is 0 Å². The molecule has 2 aromatic rings. The highest BCUT2D eigenvalue weighted by molar-refractivity contribution is 7.80. The van der Waals surface area contributed by atoms with Gasteiger partial charge in [0.05, 0.1) is 11.8 Å². The summed E-state index contributed by atoms with van der Waals surface area (Å²) < 4.78 is 21.2. The molecule has 0 radical (unpaired) electrons. The number of rotatable bonds is 4. The lowest BCUT2D eigenvalue weighted by molar-refractivity contribution is -0.122. The van der Waals surface area contributed by atoms with E-state index in [2.05, 4.69) is 9.88 Å². The molecule has 0 saturated carbocycles. The summed E-state index contributed by atoms with van der Waals surface area (Å²) in [4.78, 5) is 26.8. The molecule has 1 N–H and O–H groups in total. The summed E-state index contributed by atoms with van der Waals surface area (Å²) in [5, 5.41) is 2.52. The maximum atomic E-state index is 13.3. The molecule has 1 aromatic heterocycles. The lowest BCUT2D eigenvalue weighted by Gasteiger charge is -2.28. The van der Waals surface area contributed by atoms with Gasteiger partial charge in [0.2, 0.25) is 0 Å². The van der Waals surface area contributed by atoms with Crippen molar-refractivity contribution in [1.29, 1.82) is 0 Å². The molecular weight excluding hydrogens is 405 g/mol. The summed E-state index contributed by atoms with van der Waals surface area (Å²) in [6, 6.07) is 7.32. The van der Waals surface area contributed by atoms with E-state index in [9.17, 15) is 14.0 Å². The number of carbonyl (C=O) groups is 2. The minimum atomic E-state index is -0.549. The number of halogens is 1. The average Bonchev–Trinajstić information content (AvgIpc) is 3.30. The molecule has 156 valence electrons. The molecule has 2 aliphatic heterocycles. The van der Waals surface area contributed by atoms with Gasteiger partial charge >= 0.3 is 0 Å². The summed E-state index contributed by atoms with van der Waals surface area (Å²) >= 11 is 5.18. The first-order valence-electron chi connectivity index (χ1n) is 9.80. The van der Waals surface area contributed by atoms with Crippen LogP contribution >= 0.6 is 12.2 Å². The average molecular weight is 428 g/mol. The zero-order chi connectivity index (χ0) is 21.4. The van der Waals surface area contributed by atoms with Gasteiger partial charge in [-0.2, -0.15) is 0 Å². The smallest absolute Gasteiger partial charge is 0.270 e. The van der Waals surface area contributed by atoms with Gasteiger partial charge in [0.15, 0.2) is 5.11 Å². The summed E-state index contributed by atoms with van der Waals surface area (Å²) in [5.41, 5.74) is 3.14. The molecule has 3 heterocycles. The standard InChI is InChI=1S/C22H22FN3O3S/c1-13-10-15(14(2)25(13)12-18-4-3-9-29-18)11-19-20(27)24-22(30)26(21(19)28)17-7-5-16(23)6-8-17/h5-8,10-11,18H,3-4,9,12H2,1-2H3,(H,24,27,30)/b19-11+/t18-/m0/s1. The van der Waals surface area contributed by atoms with E-state index < -0.39 is 17.6 Å². The molecule has 8 heteroatoms. The molecule has 0 aliphatic carbocycles. The fraction of sp³-hybridized carbons (Fsp3) is 0.318. The molecule has 1 aromatic carbocycles. The SMILES string of the molecule is Cc1cc(/C=C2\C(=O)NC(=S)N(c3ccc(F)cc3)C2=O)c(C)n1C[C@@H]1CCCO1. The Bertz CT molecular complexity index is 1050. The van der Waals surface area contributed by atoms with E-state index in [1.54, 1.807) is 6.08 Å². The molecule has 4 rings (SSSR count). The van der Waals surface area contributed by atoms with Gasteiger partial charge in [-0.25, -0.2) is 4.39 Å². The van der Waals surface area contributed by atoms with Gasteiger partial charge in [-0.15, -0.1) is 0 Å². The number of aryl methyl sites for hydroxylation is 1. The second-order valence-electron chi connectivity index (χ2n) is 7.51. The third kappa shape index (κ3) is 3.80. The van der Waals surface area contributed by atoms with Gasteiger partial charge < -0.3 is 9.30 Å². The Kier molecular flexibility index (Phi) is 5.53. The highest BCUT2D eigenvalue weighted by atomic mass is 32.1. The number of carbonyl (C=O) groups excluding carboxylic acids is 2. The quantitative estimate of drug-likeness (QED) is 0.462. The van der Waals surface area contributed by atoms with Crippen LogP contribution in [-0.2, 0) is 20.9 Å². The second kappa shape index (κ2) is 8.12. The Morgan fingerprint density at radius 2 is 2.00 bits per heavy atom. The summed E-state index contributed by atoms with van der Waals surface area (Å²) in [6.45, 7) is 5.48. The van der Waals surface area contributed by atoms with Gasteiger partial charge in [-0.1, -0.05) is 0 Å². The molecule has 2 saturated heterocycles. The van der Waals surface area contributed by atoms with Crippen molar-refractivity contribution in [1.82, 2.24) is 9.88 Å². The number of anilines is 1. The fourth-order valence-corrected chi connectivity index (χ4v) is 4.17. The fourth-order valence-electron chi connectivity index (χ4n) is 3.88. The zero-order valence-corrected chi connectivity index (χ0v) is 17.6. The molecule has 30 heavy (non-hydrogen) atoms. The van der Waals surface area contributed by atoms with E-state index in [1.807, 2.05) is 19.9 Å². The maximum absolute atomic E-state index is 13.3. The predicted molar refractivity (Wildman–Crippen MR) is 115 cm³/mol. The summed E-state index contributed by atoms with van der Waals surface area (Å²) in [5.74, 6) is -1.51. The first-order chi connectivity index (χ1) is 14.3. The Balaban J connectivity index is 1.66. The van der Waals surface area contributed by atoms with Crippen LogP contribution < -0.4 is 10.2 Å². The van der Waals surface area contributed by atoms with Crippen LogP contribution in [0.2, 0.25) is 0 Å². The number of amides is 2. The van der Waals surface area contributed by atoms with E-state index in [0.29, 0.717) is 5.69 Å². The van der Waals surface area contributed by atoms with Gasteiger partial charge in [0.1, 0.15) is 11.4 Å². The van der Waals surface area contributed by atoms with Crippen molar-refractivity contribution >= 4 is 40.9 Å². The van der Waals surface area contributed by atoms with Crippen molar-refractivity contribution < 1.29 is 18.7 Å². The van der Waals surface area contributed by atoms with E-state index in [0.717, 1.165) is 42.9 Å². The zero-order valence-electron chi connectivity index (χ0n) is 16.8. The van der Waals surface area contributed by atoms with Crippen LogP contribution in [0.15, 0.2) is 35.9 Å². The normalized spacial score (nSPS) is 20.9. The van der Waals surface area contributed by atoms with E-state index in [1.165, 1.54) is 29.2 Å². The van der Waals surface area contributed by atoms with Crippen molar-refractivity contribution in [2.45, 2.75) is 39.3 Å². The van der Waals surface area contributed by atoms with Crippen molar-refractivity contribution in [3.05, 3.63) is 58.7 Å². The first-order valence-corrected chi connectivity index (χ1v) is 10.2. The lowest BCUT2D eigenvalue weighted by Crippen LogP contribution is -2.54. The number of thiocarbonyl (C=S) groups is 1. The topological polar surface area (TPSA) is 63.6 Å². The molecule has 2 fully saturated rings. The van der Waals surface area contributed by atoms with E-state index in [4.69, 9.17) is 17.0 Å². The number of nitrogens with zero attached hydrogens (tertiary/aromatic N) is 2. The van der Waals surface area contributed by atoms with Crippen molar-refractivity contribution in [2.24, 2.45) is 0 Å². The Labute approximate surface area is 179 Å². The Hall–Kier alpha value is -2.84. The third-order valence-corrected chi connectivity index (χ3v) is 5.79. The minimum absolute atomic E-state index is 0.0229. The Morgan fingerprint density at radius 1 is 1.27 bits per heavy atom. The van der Waals surface area contributed by atoms with E-state index >= 15 is 0 Å². The maximum Gasteiger partial charge on any atom is 0.270 e. The van der Waals surface area contributed by atoms with Gasteiger partial charge in [-0.05, 0) is 80.9 Å². The molecule has 0 bridgehead atoms. The number of ether oxygens (including phenoxy) is 1. The van der Waals surface area contributed by atoms with Crippen LogP contribution in [0.3, 0.4) is 0 Å². The molecule has 0 spiro atoms. The van der Waals surface area contributed by atoms with Crippen LogP contribution in [0.1, 0.15) is 29.8 Å². The van der Waals surface area contributed by atoms with Crippen LogP contribution in [0.5, 0.6) is 0 Å². The first kappa shape index (κ1) is 20.4. The third-order valence-electron chi connectivity index (χ3n) is 5.51. The number of nitrogens with one attached hydrogen (secondary N) is 1.